The summed E-state index contributed by atoms with van der Waals surface area (Å²) >= 11 is 0. The summed E-state index contributed by atoms with van der Waals surface area (Å²) in [5.41, 5.74) is 0.223. The standard InChI is InChI=1S/C31H28N2O6S/c1-38-29(34)27-26(21-12-4-3-5-13-21)31(30(35)39-2)19-33(24-17-9-8-16-23(24)28(31)32-27)40(36,37)25-18-10-14-20-11-6-7-15-22(20)25/h3-18,26-28,32H,19H2,1-2H3/t26-,27+,28+,31+/m1/s1. The first-order valence-corrected chi connectivity index (χ1v) is 14.3. The van der Waals surface area contributed by atoms with Crippen LogP contribution in [-0.2, 0) is 29.1 Å². The molecule has 6 rings (SSSR count). The number of methoxy groups -OCH3 is 2. The van der Waals surface area contributed by atoms with E-state index in [2.05, 4.69) is 5.32 Å². The fourth-order valence-corrected chi connectivity index (χ4v) is 8.23. The monoisotopic (exact) mass is 556 g/mol. The van der Waals surface area contributed by atoms with Crippen LogP contribution in [-0.4, -0.2) is 47.2 Å². The van der Waals surface area contributed by atoms with Gasteiger partial charge in [0.15, 0.2) is 0 Å². The van der Waals surface area contributed by atoms with Crippen LogP contribution < -0.4 is 9.62 Å². The van der Waals surface area contributed by atoms with Gasteiger partial charge in [0.2, 0.25) is 0 Å². The van der Waals surface area contributed by atoms with Crippen LogP contribution in [0.2, 0.25) is 0 Å². The van der Waals surface area contributed by atoms with E-state index >= 15 is 0 Å². The normalized spacial score (nSPS) is 23.8. The van der Waals surface area contributed by atoms with E-state index in [-0.39, 0.29) is 11.4 Å². The molecule has 4 aromatic rings. The van der Waals surface area contributed by atoms with E-state index < -0.39 is 45.4 Å². The van der Waals surface area contributed by atoms with Gasteiger partial charge < -0.3 is 9.47 Å². The molecule has 8 nitrogen and oxygen atoms in total. The van der Waals surface area contributed by atoms with Gasteiger partial charge in [-0.05, 0) is 28.6 Å². The molecule has 2 aliphatic rings. The zero-order chi connectivity index (χ0) is 28.1. The number of anilines is 1. The molecule has 0 unspecified atom stereocenters. The molecule has 4 atom stereocenters. The lowest BCUT2D eigenvalue weighted by atomic mass is 9.65. The first kappa shape index (κ1) is 26.0. The number of fused-ring (bicyclic) bond motifs is 4. The van der Waals surface area contributed by atoms with E-state index in [0.717, 1.165) is 5.39 Å². The number of nitrogens with one attached hydrogen (secondary N) is 1. The summed E-state index contributed by atoms with van der Waals surface area (Å²) in [6.07, 6.45) is 0. The third-order valence-electron chi connectivity index (χ3n) is 8.17. The van der Waals surface area contributed by atoms with Crippen molar-refractivity contribution in [1.29, 1.82) is 0 Å². The summed E-state index contributed by atoms with van der Waals surface area (Å²) in [7, 11) is -1.61. The quantitative estimate of drug-likeness (QED) is 0.368. The Morgan fingerprint density at radius 2 is 1.52 bits per heavy atom. The molecule has 2 aliphatic heterocycles. The van der Waals surface area contributed by atoms with Crippen LogP contribution in [0.3, 0.4) is 0 Å². The van der Waals surface area contributed by atoms with Gasteiger partial charge in [-0.1, -0.05) is 84.9 Å². The smallest absolute Gasteiger partial charge is 0.323 e. The van der Waals surface area contributed by atoms with Crippen LogP contribution >= 0.6 is 0 Å². The predicted octanol–water partition coefficient (Wildman–Crippen LogP) is 4.18. The van der Waals surface area contributed by atoms with Crippen molar-refractivity contribution in [2.75, 3.05) is 25.1 Å². The van der Waals surface area contributed by atoms with Crippen LogP contribution in [0.1, 0.15) is 23.1 Å². The Hall–Kier alpha value is -4.21. The Labute approximate surface area is 232 Å². The molecule has 0 saturated carbocycles. The maximum atomic E-state index is 14.6. The lowest BCUT2D eigenvalue weighted by molar-refractivity contribution is -0.154. The second-order valence-corrected chi connectivity index (χ2v) is 11.9. The Morgan fingerprint density at radius 1 is 0.850 bits per heavy atom. The summed E-state index contributed by atoms with van der Waals surface area (Å²) in [6, 6.07) is 27.0. The van der Waals surface area contributed by atoms with Crippen molar-refractivity contribution in [2.24, 2.45) is 5.41 Å². The van der Waals surface area contributed by atoms with E-state index in [1.807, 2.05) is 48.5 Å². The molecular weight excluding hydrogens is 528 g/mol. The number of para-hydroxylation sites is 1. The van der Waals surface area contributed by atoms with Gasteiger partial charge in [0, 0.05) is 11.3 Å². The van der Waals surface area contributed by atoms with Crippen molar-refractivity contribution >= 4 is 38.4 Å². The maximum Gasteiger partial charge on any atom is 0.323 e. The number of rotatable bonds is 5. The zero-order valence-electron chi connectivity index (χ0n) is 22.0. The highest BCUT2D eigenvalue weighted by Gasteiger charge is 2.67. The molecule has 204 valence electrons. The Kier molecular flexibility index (Phi) is 6.35. The van der Waals surface area contributed by atoms with Gasteiger partial charge in [-0.3, -0.25) is 19.2 Å². The summed E-state index contributed by atoms with van der Waals surface area (Å²) < 4.78 is 41.0. The van der Waals surface area contributed by atoms with Gasteiger partial charge in [-0.15, -0.1) is 0 Å². The second kappa shape index (κ2) is 9.76. The van der Waals surface area contributed by atoms with Crippen LogP contribution in [0.25, 0.3) is 10.8 Å². The third-order valence-corrected chi connectivity index (χ3v) is 9.99. The van der Waals surface area contributed by atoms with Crippen molar-refractivity contribution in [1.82, 2.24) is 5.32 Å². The Bertz CT molecular complexity index is 1720. The average molecular weight is 557 g/mol. The summed E-state index contributed by atoms with van der Waals surface area (Å²) in [4.78, 5) is 27.3. The molecule has 0 aliphatic carbocycles. The molecule has 4 aromatic carbocycles. The van der Waals surface area contributed by atoms with Crippen molar-refractivity contribution in [2.45, 2.75) is 22.9 Å². The van der Waals surface area contributed by atoms with Gasteiger partial charge >= 0.3 is 11.9 Å². The van der Waals surface area contributed by atoms with E-state index in [1.54, 1.807) is 48.5 Å². The molecule has 0 spiro atoms. The summed E-state index contributed by atoms with van der Waals surface area (Å²) in [5.74, 6) is -1.94. The number of esters is 2. The van der Waals surface area contributed by atoms with Crippen LogP contribution in [0.15, 0.2) is 102 Å². The molecule has 40 heavy (non-hydrogen) atoms. The fraction of sp³-hybridized carbons (Fsp3) is 0.226. The Balaban J connectivity index is 1.63. The van der Waals surface area contributed by atoms with Gasteiger partial charge in [0.05, 0.1) is 37.4 Å². The number of hydrogen-bond donors (Lipinski definition) is 1. The van der Waals surface area contributed by atoms with Gasteiger partial charge in [-0.2, -0.15) is 0 Å². The largest absolute Gasteiger partial charge is 0.468 e. The molecule has 0 bridgehead atoms. The fourth-order valence-electron chi connectivity index (χ4n) is 6.47. The molecule has 2 heterocycles. The van der Waals surface area contributed by atoms with Gasteiger partial charge in [-0.25, -0.2) is 8.42 Å². The van der Waals surface area contributed by atoms with Gasteiger partial charge in [0.1, 0.15) is 11.5 Å². The van der Waals surface area contributed by atoms with E-state index in [0.29, 0.717) is 22.2 Å². The molecule has 0 amide bonds. The highest BCUT2D eigenvalue weighted by atomic mass is 32.2. The van der Waals surface area contributed by atoms with Crippen molar-refractivity contribution in [3.05, 3.63) is 108 Å². The minimum Gasteiger partial charge on any atom is -0.468 e. The number of hydrogen-bond acceptors (Lipinski definition) is 7. The van der Waals surface area contributed by atoms with Crippen molar-refractivity contribution < 1.29 is 27.5 Å². The summed E-state index contributed by atoms with van der Waals surface area (Å²) in [5, 5.41) is 4.71. The van der Waals surface area contributed by atoms with Crippen LogP contribution in [0.4, 0.5) is 5.69 Å². The number of carbonyl (C=O) groups excluding carboxylic acids is 2. The molecule has 1 N–H and O–H groups in total. The minimum absolute atomic E-state index is 0.130. The molecule has 0 radical (unpaired) electrons. The summed E-state index contributed by atoms with van der Waals surface area (Å²) in [6.45, 7) is -0.243. The number of benzene rings is 4. The molecule has 0 aromatic heterocycles. The van der Waals surface area contributed by atoms with Crippen molar-refractivity contribution in [3.63, 3.8) is 0 Å². The average Bonchev–Trinajstić information content (AvgIpc) is 3.36. The Morgan fingerprint density at radius 3 is 2.27 bits per heavy atom. The van der Waals surface area contributed by atoms with E-state index in [9.17, 15) is 18.0 Å². The topological polar surface area (TPSA) is 102 Å². The van der Waals surface area contributed by atoms with Crippen LogP contribution in [0.5, 0.6) is 0 Å². The minimum atomic E-state index is -4.19. The number of sulfonamides is 1. The molecule has 1 fully saturated rings. The van der Waals surface area contributed by atoms with Crippen LogP contribution in [0, 0.1) is 5.41 Å². The highest BCUT2D eigenvalue weighted by molar-refractivity contribution is 7.93. The first-order chi connectivity index (χ1) is 19.3. The number of carbonyl (C=O) groups is 2. The van der Waals surface area contributed by atoms with E-state index in [4.69, 9.17) is 9.47 Å². The number of nitrogens with zero attached hydrogens (tertiary/aromatic N) is 1. The molecule has 1 saturated heterocycles. The predicted molar refractivity (Wildman–Crippen MR) is 150 cm³/mol. The van der Waals surface area contributed by atoms with Crippen molar-refractivity contribution in [3.8, 4) is 0 Å². The van der Waals surface area contributed by atoms with E-state index in [1.165, 1.54) is 18.5 Å². The molecular formula is C31H28N2O6S. The second-order valence-electron chi connectivity index (χ2n) is 10.1. The maximum absolute atomic E-state index is 14.6. The van der Waals surface area contributed by atoms with Gasteiger partial charge in [0.25, 0.3) is 10.0 Å². The SMILES string of the molecule is COC(=O)[C@H]1N[C@H]2c3ccccc3N(S(=O)(=O)c3cccc4ccccc34)C[C@]2(C(=O)OC)[C@@H]1c1ccccc1. The zero-order valence-corrected chi connectivity index (χ0v) is 22.8. The first-order valence-electron chi connectivity index (χ1n) is 12.9. The lowest BCUT2D eigenvalue weighted by Gasteiger charge is -2.46. The highest BCUT2D eigenvalue weighted by Crippen LogP contribution is 2.59. The molecule has 9 heteroatoms. The third kappa shape index (κ3) is 3.72. The number of ether oxygens (including phenoxy) is 2. The lowest BCUT2D eigenvalue weighted by Crippen LogP contribution is -2.54.